The molecule has 0 aromatic heterocycles. The van der Waals surface area contributed by atoms with Gasteiger partial charge in [-0.2, -0.15) is 13.2 Å². The largest absolute Gasteiger partial charge is 0.391 e. The number of halogens is 3. The van der Waals surface area contributed by atoms with Crippen LogP contribution in [0.3, 0.4) is 0 Å². The van der Waals surface area contributed by atoms with Crippen LogP contribution in [0.1, 0.15) is 84.0 Å². The smallest absolute Gasteiger partial charge is 0.171 e. The number of alkyl halides is 3. The monoisotopic (exact) mass is 342 g/mol. The number of hydrogen-bond acceptors (Lipinski definition) is 0. The fourth-order valence-corrected chi connectivity index (χ4v) is 5.53. The summed E-state index contributed by atoms with van der Waals surface area (Å²) in [6.07, 6.45) is 11.2. The van der Waals surface area contributed by atoms with Crippen LogP contribution in [0.4, 0.5) is 13.2 Å². The van der Waals surface area contributed by atoms with Crippen molar-refractivity contribution < 1.29 is 13.2 Å². The van der Waals surface area contributed by atoms with E-state index in [0.29, 0.717) is 18.8 Å². The maximum Gasteiger partial charge on any atom is 0.391 e. The summed E-state index contributed by atoms with van der Waals surface area (Å²) in [7, 11) is 0. The van der Waals surface area contributed by atoms with Crippen LogP contribution in [0.15, 0.2) is 11.6 Å². The zero-order valence-corrected chi connectivity index (χ0v) is 15.1. The second-order valence-electron chi connectivity index (χ2n) is 8.59. The molecule has 138 valence electrons. The zero-order chi connectivity index (χ0) is 17.2. The van der Waals surface area contributed by atoms with E-state index < -0.39 is 12.1 Å². The molecule has 1 atom stereocenters. The standard InChI is InChI=1S/C21H33F3/c1-2-15-3-5-16(6-4-15)17-7-9-18(10-8-17)19-11-13-20(14-12-19)21(22,23)24/h9,15-17,19-20H,2-8,10-14H2,1H3. The Balaban J connectivity index is 1.46. The molecule has 0 heterocycles. The summed E-state index contributed by atoms with van der Waals surface area (Å²) in [6, 6.07) is 0. The van der Waals surface area contributed by atoms with E-state index in [2.05, 4.69) is 13.0 Å². The molecule has 3 heteroatoms. The first-order chi connectivity index (χ1) is 11.5. The highest BCUT2D eigenvalue weighted by Gasteiger charge is 2.42. The van der Waals surface area contributed by atoms with Crippen molar-refractivity contribution in [3.63, 3.8) is 0 Å². The number of rotatable bonds is 3. The lowest BCUT2D eigenvalue weighted by Crippen LogP contribution is -2.29. The molecule has 0 spiro atoms. The van der Waals surface area contributed by atoms with Gasteiger partial charge in [-0.15, -0.1) is 0 Å². The molecule has 3 rings (SSSR count). The average molecular weight is 342 g/mol. The quantitative estimate of drug-likeness (QED) is 0.472. The van der Waals surface area contributed by atoms with Gasteiger partial charge in [-0.25, -0.2) is 0 Å². The van der Waals surface area contributed by atoms with E-state index in [4.69, 9.17) is 0 Å². The molecule has 0 amide bonds. The van der Waals surface area contributed by atoms with Crippen molar-refractivity contribution in [1.29, 1.82) is 0 Å². The molecule has 0 aromatic rings. The van der Waals surface area contributed by atoms with E-state index in [-0.39, 0.29) is 0 Å². The Morgan fingerprint density at radius 1 is 0.875 bits per heavy atom. The van der Waals surface area contributed by atoms with Gasteiger partial charge < -0.3 is 0 Å². The predicted octanol–water partition coefficient (Wildman–Crippen LogP) is 7.30. The van der Waals surface area contributed by atoms with Crippen molar-refractivity contribution in [2.24, 2.45) is 29.6 Å². The van der Waals surface area contributed by atoms with Crippen LogP contribution in [0.5, 0.6) is 0 Å². The first-order valence-electron chi connectivity index (χ1n) is 10.2. The molecular weight excluding hydrogens is 309 g/mol. The van der Waals surface area contributed by atoms with E-state index >= 15 is 0 Å². The third-order valence-electron chi connectivity index (χ3n) is 7.34. The third kappa shape index (κ3) is 4.38. The summed E-state index contributed by atoms with van der Waals surface area (Å²) in [5, 5.41) is 0. The lowest BCUT2D eigenvalue weighted by Gasteiger charge is -2.37. The molecule has 2 fully saturated rings. The van der Waals surface area contributed by atoms with E-state index in [1.807, 2.05) is 0 Å². The highest BCUT2D eigenvalue weighted by molar-refractivity contribution is 5.12. The Labute approximate surface area is 145 Å². The van der Waals surface area contributed by atoms with Crippen molar-refractivity contribution >= 4 is 0 Å². The van der Waals surface area contributed by atoms with Gasteiger partial charge >= 0.3 is 6.18 Å². The lowest BCUT2D eigenvalue weighted by atomic mass is 9.68. The molecule has 0 N–H and O–H groups in total. The average Bonchev–Trinajstić information content (AvgIpc) is 2.61. The predicted molar refractivity (Wildman–Crippen MR) is 92.7 cm³/mol. The van der Waals surface area contributed by atoms with Crippen LogP contribution in [0.2, 0.25) is 0 Å². The van der Waals surface area contributed by atoms with Crippen LogP contribution in [0, 0.1) is 29.6 Å². The van der Waals surface area contributed by atoms with Crippen molar-refractivity contribution in [2.45, 2.75) is 90.1 Å². The Kier molecular flexibility index (Phi) is 5.98. The first-order valence-corrected chi connectivity index (χ1v) is 10.2. The fourth-order valence-electron chi connectivity index (χ4n) is 5.53. The molecule has 2 saturated carbocycles. The lowest BCUT2D eigenvalue weighted by molar-refractivity contribution is -0.183. The third-order valence-corrected chi connectivity index (χ3v) is 7.34. The first kappa shape index (κ1) is 18.3. The summed E-state index contributed by atoms with van der Waals surface area (Å²) < 4.78 is 38.4. The van der Waals surface area contributed by atoms with Gasteiger partial charge in [0.1, 0.15) is 0 Å². The maximum atomic E-state index is 12.8. The second kappa shape index (κ2) is 7.83. The Morgan fingerprint density at radius 2 is 1.54 bits per heavy atom. The van der Waals surface area contributed by atoms with Crippen LogP contribution in [-0.4, -0.2) is 6.18 Å². The fraction of sp³-hybridized carbons (Fsp3) is 0.905. The van der Waals surface area contributed by atoms with Crippen LogP contribution >= 0.6 is 0 Å². The van der Waals surface area contributed by atoms with Crippen molar-refractivity contribution in [3.8, 4) is 0 Å². The van der Waals surface area contributed by atoms with Crippen LogP contribution in [0.25, 0.3) is 0 Å². The molecule has 0 saturated heterocycles. The minimum Gasteiger partial charge on any atom is -0.171 e. The van der Waals surface area contributed by atoms with Crippen LogP contribution in [-0.2, 0) is 0 Å². The summed E-state index contributed by atoms with van der Waals surface area (Å²) in [5.41, 5.74) is 1.49. The summed E-state index contributed by atoms with van der Waals surface area (Å²) in [6.45, 7) is 2.31. The van der Waals surface area contributed by atoms with Crippen molar-refractivity contribution in [3.05, 3.63) is 11.6 Å². The zero-order valence-electron chi connectivity index (χ0n) is 15.1. The Bertz CT molecular complexity index is 421. The summed E-state index contributed by atoms with van der Waals surface area (Å²) in [5.74, 6) is 2.12. The Morgan fingerprint density at radius 3 is 2.04 bits per heavy atom. The van der Waals surface area contributed by atoms with Gasteiger partial charge in [0.25, 0.3) is 0 Å². The Hall–Kier alpha value is -0.470. The van der Waals surface area contributed by atoms with Gasteiger partial charge in [-0.05, 0) is 81.5 Å². The van der Waals surface area contributed by atoms with Gasteiger partial charge in [0.05, 0.1) is 5.92 Å². The van der Waals surface area contributed by atoms with Gasteiger partial charge in [0, 0.05) is 0 Å². The maximum absolute atomic E-state index is 12.8. The molecule has 0 bridgehead atoms. The van der Waals surface area contributed by atoms with E-state index in [1.165, 1.54) is 50.5 Å². The van der Waals surface area contributed by atoms with E-state index in [9.17, 15) is 13.2 Å². The van der Waals surface area contributed by atoms with Crippen molar-refractivity contribution in [1.82, 2.24) is 0 Å². The molecule has 0 nitrogen and oxygen atoms in total. The molecule has 0 aromatic carbocycles. The number of allylic oxidation sites excluding steroid dienone is 2. The van der Waals surface area contributed by atoms with Crippen molar-refractivity contribution in [2.75, 3.05) is 0 Å². The van der Waals surface area contributed by atoms with Gasteiger partial charge in [-0.1, -0.05) is 37.8 Å². The summed E-state index contributed by atoms with van der Waals surface area (Å²) >= 11 is 0. The minimum absolute atomic E-state index is 0.343. The van der Waals surface area contributed by atoms with Gasteiger partial charge in [0.15, 0.2) is 0 Å². The topological polar surface area (TPSA) is 0 Å². The SMILES string of the molecule is CCC1CCC(C2CC=C(C3CCC(C(F)(F)F)CC3)CC2)CC1. The molecular formula is C21H33F3. The van der Waals surface area contributed by atoms with E-state index in [0.717, 1.165) is 37.0 Å². The highest BCUT2D eigenvalue weighted by Crippen LogP contribution is 2.45. The minimum atomic E-state index is -3.98. The summed E-state index contributed by atoms with van der Waals surface area (Å²) in [4.78, 5) is 0. The number of hydrogen-bond donors (Lipinski definition) is 0. The normalized spacial score (nSPS) is 38.7. The van der Waals surface area contributed by atoms with Gasteiger partial charge in [-0.3, -0.25) is 0 Å². The van der Waals surface area contributed by atoms with E-state index in [1.54, 1.807) is 0 Å². The molecule has 0 radical (unpaired) electrons. The molecule has 3 aliphatic rings. The molecule has 0 aliphatic heterocycles. The second-order valence-corrected chi connectivity index (χ2v) is 8.59. The highest BCUT2D eigenvalue weighted by atomic mass is 19.4. The van der Waals surface area contributed by atoms with Gasteiger partial charge in [0.2, 0.25) is 0 Å². The molecule has 24 heavy (non-hydrogen) atoms. The van der Waals surface area contributed by atoms with Crippen LogP contribution < -0.4 is 0 Å². The molecule has 3 aliphatic carbocycles. The molecule has 1 unspecified atom stereocenters.